The Morgan fingerprint density at radius 3 is 2.15 bits per heavy atom. The minimum Gasteiger partial charge on any atom is -0.497 e. The molecule has 7 heteroatoms. The van der Waals surface area contributed by atoms with Gasteiger partial charge in [-0.1, -0.05) is 18.2 Å². The molecule has 0 saturated carbocycles. The van der Waals surface area contributed by atoms with Crippen LogP contribution in [0.3, 0.4) is 0 Å². The Morgan fingerprint density at radius 1 is 0.970 bits per heavy atom. The number of benzene rings is 3. The predicted molar refractivity (Wildman–Crippen MR) is 124 cm³/mol. The maximum atomic E-state index is 14.0. The van der Waals surface area contributed by atoms with E-state index in [9.17, 15) is 14.0 Å². The highest BCUT2D eigenvalue weighted by Crippen LogP contribution is 2.42. The van der Waals surface area contributed by atoms with Crippen molar-refractivity contribution in [1.82, 2.24) is 0 Å². The van der Waals surface area contributed by atoms with E-state index >= 15 is 0 Å². The second-order valence-corrected chi connectivity index (χ2v) is 7.94. The maximum Gasteiger partial charge on any atom is 0.230 e. The van der Waals surface area contributed by atoms with Crippen molar-refractivity contribution in [3.63, 3.8) is 0 Å². The van der Waals surface area contributed by atoms with Crippen LogP contribution in [0.2, 0.25) is 0 Å². The van der Waals surface area contributed by atoms with Gasteiger partial charge in [-0.3, -0.25) is 9.59 Å². The van der Waals surface area contributed by atoms with E-state index in [2.05, 4.69) is 5.32 Å². The molecule has 0 aromatic heterocycles. The summed E-state index contributed by atoms with van der Waals surface area (Å²) in [6.45, 7) is 1.66. The fraction of sp³-hybridized carbons (Fsp3) is 0.231. The van der Waals surface area contributed by atoms with E-state index in [0.29, 0.717) is 28.4 Å². The van der Waals surface area contributed by atoms with Gasteiger partial charge in [-0.25, -0.2) is 4.39 Å². The van der Waals surface area contributed by atoms with Crippen molar-refractivity contribution >= 4 is 23.2 Å². The van der Waals surface area contributed by atoms with Crippen LogP contribution in [0, 0.1) is 18.7 Å². The van der Waals surface area contributed by atoms with E-state index in [0.717, 1.165) is 5.56 Å². The van der Waals surface area contributed by atoms with Crippen molar-refractivity contribution in [3.8, 4) is 11.5 Å². The molecule has 2 atom stereocenters. The number of methoxy groups -OCH3 is 2. The van der Waals surface area contributed by atoms with Crippen LogP contribution in [0.4, 0.5) is 15.8 Å². The van der Waals surface area contributed by atoms with Gasteiger partial charge in [-0.2, -0.15) is 0 Å². The van der Waals surface area contributed by atoms with Crippen molar-refractivity contribution in [2.45, 2.75) is 19.4 Å². The van der Waals surface area contributed by atoms with Crippen LogP contribution in [0.25, 0.3) is 0 Å². The Morgan fingerprint density at radius 2 is 1.58 bits per heavy atom. The van der Waals surface area contributed by atoms with E-state index in [4.69, 9.17) is 9.47 Å². The van der Waals surface area contributed by atoms with E-state index in [1.165, 1.54) is 6.07 Å². The number of hydrogen-bond acceptors (Lipinski definition) is 4. The summed E-state index contributed by atoms with van der Waals surface area (Å²) >= 11 is 0. The van der Waals surface area contributed by atoms with E-state index in [1.54, 1.807) is 74.6 Å². The SMILES string of the molecule is COc1ccc([C@H]2[C@H](C(=O)Nc3ccc(C)c(F)c3)CC(=O)N2c2ccc(OC)cc2)cc1. The zero-order valence-electron chi connectivity index (χ0n) is 18.7. The van der Waals surface area contributed by atoms with Crippen LogP contribution in [0.15, 0.2) is 66.7 Å². The Labute approximate surface area is 191 Å². The molecular formula is C26H25FN2O4. The number of halogens is 1. The zero-order chi connectivity index (χ0) is 23.5. The highest BCUT2D eigenvalue weighted by atomic mass is 19.1. The first-order valence-corrected chi connectivity index (χ1v) is 10.6. The average Bonchev–Trinajstić information content (AvgIpc) is 3.18. The molecule has 1 aliphatic heterocycles. The molecule has 3 aromatic rings. The van der Waals surface area contributed by atoms with Crippen LogP contribution >= 0.6 is 0 Å². The highest BCUT2D eigenvalue weighted by Gasteiger charge is 2.45. The first-order valence-electron chi connectivity index (χ1n) is 10.6. The Balaban J connectivity index is 1.70. The Hall–Kier alpha value is -3.87. The number of anilines is 2. The fourth-order valence-corrected chi connectivity index (χ4v) is 4.10. The zero-order valence-corrected chi connectivity index (χ0v) is 18.7. The summed E-state index contributed by atoms with van der Waals surface area (Å²) in [7, 11) is 3.15. The number of nitrogens with one attached hydrogen (secondary N) is 1. The summed E-state index contributed by atoms with van der Waals surface area (Å²) < 4.78 is 24.5. The first-order chi connectivity index (χ1) is 15.9. The van der Waals surface area contributed by atoms with Crippen LogP contribution in [0.5, 0.6) is 11.5 Å². The third-order valence-corrected chi connectivity index (χ3v) is 5.91. The molecular weight excluding hydrogens is 423 g/mol. The Bertz CT molecular complexity index is 1160. The maximum absolute atomic E-state index is 14.0. The van der Waals surface area contributed by atoms with Crippen LogP contribution in [-0.2, 0) is 9.59 Å². The van der Waals surface area contributed by atoms with E-state index < -0.39 is 17.8 Å². The van der Waals surface area contributed by atoms with Crippen LogP contribution in [-0.4, -0.2) is 26.0 Å². The van der Waals surface area contributed by atoms with Gasteiger partial charge in [0, 0.05) is 17.8 Å². The van der Waals surface area contributed by atoms with Gasteiger partial charge in [-0.05, 0) is 66.6 Å². The third-order valence-electron chi connectivity index (χ3n) is 5.91. The van der Waals surface area contributed by atoms with Gasteiger partial charge in [0.2, 0.25) is 11.8 Å². The Kier molecular flexibility index (Phi) is 6.31. The minimum absolute atomic E-state index is 0.0307. The number of carbonyl (C=O) groups is 2. The molecule has 0 unspecified atom stereocenters. The lowest BCUT2D eigenvalue weighted by Gasteiger charge is -2.28. The van der Waals surface area contributed by atoms with Gasteiger partial charge < -0.3 is 19.7 Å². The summed E-state index contributed by atoms with van der Waals surface area (Å²) in [6, 6.07) is 18.4. The largest absolute Gasteiger partial charge is 0.497 e. The summed E-state index contributed by atoms with van der Waals surface area (Å²) in [6.07, 6.45) is 0.0307. The molecule has 1 N–H and O–H groups in total. The molecule has 0 aliphatic carbocycles. The number of aryl methyl sites for hydroxylation is 1. The van der Waals surface area contributed by atoms with Crippen molar-refractivity contribution in [2.24, 2.45) is 5.92 Å². The van der Waals surface area contributed by atoms with Crippen molar-refractivity contribution in [1.29, 1.82) is 0 Å². The summed E-state index contributed by atoms with van der Waals surface area (Å²) in [5.74, 6) is -0.240. The van der Waals surface area contributed by atoms with Gasteiger partial charge in [-0.15, -0.1) is 0 Å². The van der Waals surface area contributed by atoms with Crippen LogP contribution in [0.1, 0.15) is 23.6 Å². The molecule has 0 spiro atoms. The molecule has 1 saturated heterocycles. The second kappa shape index (κ2) is 9.32. The molecule has 33 heavy (non-hydrogen) atoms. The molecule has 6 nitrogen and oxygen atoms in total. The predicted octanol–water partition coefficient (Wildman–Crippen LogP) is 4.88. The molecule has 0 radical (unpaired) electrons. The summed E-state index contributed by atoms with van der Waals surface area (Å²) in [5, 5.41) is 2.78. The van der Waals surface area contributed by atoms with Crippen molar-refractivity contribution < 1.29 is 23.5 Å². The standard InChI is InChI=1S/C26H25FN2O4/c1-16-4-7-18(14-23(16)27)28-26(31)22-15-24(30)29(19-8-12-21(33-3)13-9-19)25(22)17-5-10-20(32-2)11-6-17/h4-14,22,25H,15H2,1-3H3,(H,28,31)/t22-,25+/m1/s1. The third kappa shape index (κ3) is 4.53. The molecule has 2 amide bonds. The average molecular weight is 448 g/mol. The molecule has 3 aromatic carbocycles. The second-order valence-electron chi connectivity index (χ2n) is 7.94. The minimum atomic E-state index is -0.669. The first kappa shape index (κ1) is 22.3. The lowest BCUT2D eigenvalue weighted by atomic mass is 9.92. The van der Waals surface area contributed by atoms with E-state index in [1.807, 2.05) is 12.1 Å². The monoisotopic (exact) mass is 448 g/mol. The molecule has 170 valence electrons. The number of carbonyl (C=O) groups excluding carboxylic acids is 2. The molecule has 1 heterocycles. The van der Waals surface area contributed by atoms with Gasteiger partial charge in [0.15, 0.2) is 0 Å². The van der Waals surface area contributed by atoms with E-state index in [-0.39, 0.29) is 18.2 Å². The van der Waals surface area contributed by atoms with Crippen LogP contribution < -0.4 is 19.7 Å². The van der Waals surface area contributed by atoms with Crippen molar-refractivity contribution in [3.05, 3.63) is 83.7 Å². The van der Waals surface area contributed by atoms with Gasteiger partial charge in [0.25, 0.3) is 0 Å². The normalized spacial score (nSPS) is 17.7. The smallest absolute Gasteiger partial charge is 0.230 e. The highest BCUT2D eigenvalue weighted by molar-refractivity contribution is 6.04. The fourth-order valence-electron chi connectivity index (χ4n) is 4.10. The van der Waals surface area contributed by atoms with Gasteiger partial charge >= 0.3 is 0 Å². The lowest BCUT2D eigenvalue weighted by Crippen LogP contribution is -2.32. The van der Waals surface area contributed by atoms with Crippen molar-refractivity contribution in [2.75, 3.05) is 24.4 Å². The summed E-state index contributed by atoms with van der Waals surface area (Å²) in [5.41, 5.74) is 2.31. The molecule has 4 rings (SSSR count). The molecule has 1 fully saturated rings. The lowest BCUT2D eigenvalue weighted by molar-refractivity contribution is -0.122. The number of amides is 2. The number of rotatable bonds is 6. The van der Waals surface area contributed by atoms with Gasteiger partial charge in [0.1, 0.15) is 17.3 Å². The number of hydrogen-bond donors (Lipinski definition) is 1. The number of ether oxygens (including phenoxy) is 2. The number of nitrogens with zero attached hydrogens (tertiary/aromatic N) is 1. The topological polar surface area (TPSA) is 67.9 Å². The molecule has 0 bridgehead atoms. The van der Waals surface area contributed by atoms with Gasteiger partial charge in [0.05, 0.1) is 26.2 Å². The molecule has 1 aliphatic rings. The summed E-state index contributed by atoms with van der Waals surface area (Å²) in [4.78, 5) is 28.1. The quantitative estimate of drug-likeness (QED) is 0.583.